The molecule has 9 heteroatoms. The number of hydrogen-bond acceptors (Lipinski definition) is 5. The van der Waals surface area contributed by atoms with Gasteiger partial charge in [-0.3, -0.25) is 4.98 Å². The second-order valence-corrected chi connectivity index (χ2v) is 6.43. The third-order valence-electron chi connectivity index (χ3n) is 4.52. The summed E-state index contributed by atoms with van der Waals surface area (Å²) in [5.41, 5.74) is 8.10. The van der Waals surface area contributed by atoms with Crippen molar-refractivity contribution < 1.29 is 17.9 Å². The number of nitrogens with two attached hydrogens (primary N) is 1. The number of aromatic nitrogens is 4. The Hall–Kier alpha value is -3.88. The van der Waals surface area contributed by atoms with Crippen molar-refractivity contribution in [3.05, 3.63) is 66.6 Å². The first-order valence-electron chi connectivity index (χ1n) is 8.84. The van der Waals surface area contributed by atoms with Crippen molar-refractivity contribution in [1.82, 2.24) is 19.9 Å². The molecule has 0 saturated heterocycles. The normalized spacial score (nSPS) is 11.5. The van der Waals surface area contributed by atoms with Crippen LogP contribution in [0.1, 0.15) is 5.56 Å². The Morgan fingerprint density at radius 2 is 1.70 bits per heavy atom. The average molecular weight is 411 g/mol. The number of halogens is 3. The zero-order chi connectivity index (χ0) is 21.3. The zero-order valence-corrected chi connectivity index (χ0v) is 15.7. The smallest absolute Gasteiger partial charge is 0.416 e. The van der Waals surface area contributed by atoms with Crippen molar-refractivity contribution in [1.29, 1.82) is 0 Å². The van der Waals surface area contributed by atoms with Gasteiger partial charge in [0.25, 0.3) is 0 Å². The number of rotatable bonds is 4. The molecule has 0 amide bonds. The van der Waals surface area contributed by atoms with Crippen LogP contribution in [0.3, 0.4) is 0 Å². The molecule has 0 aliphatic carbocycles. The molecule has 0 spiro atoms. The van der Waals surface area contributed by atoms with Crippen molar-refractivity contribution in [3.8, 4) is 39.7 Å². The maximum absolute atomic E-state index is 12.9. The molecule has 3 aromatic heterocycles. The van der Waals surface area contributed by atoms with Crippen LogP contribution < -0.4 is 10.5 Å². The maximum atomic E-state index is 12.9. The number of ether oxygens (including phenoxy) is 1. The molecule has 0 bridgehead atoms. The molecule has 4 rings (SSSR count). The Labute approximate surface area is 169 Å². The van der Waals surface area contributed by atoms with Gasteiger partial charge in [-0.15, -0.1) is 0 Å². The molecule has 0 atom stereocenters. The van der Waals surface area contributed by atoms with E-state index in [9.17, 15) is 13.2 Å². The number of anilines is 1. The lowest BCUT2D eigenvalue weighted by atomic mass is 10.1. The van der Waals surface area contributed by atoms with Gasteiger partial charge in [-0.2, -0.15) is 13.2 Å². The number of H-pyrrole nitrogens is 1. The largest absolute Gasteiger partial charge is 0.496 e. The summed E-state index contributed by atoms with van der Waals surface area (Å²) in [6, 6.07) is 9.95. The molecule has 6 nitrogen and oxygen atoms in total. The molecule has 0 aliphatic rings. The number of nitrogens with zero attached hydrogens (tertiary/aromatic N) is 3. The Kier molecular flexibility index (Phi) is 4.86. The Morgan fingerprint density at radius 3 is 2.33 bits per heavy atom. The first-order valence-corrected chi connectivity index (χ1v) is 8.84. The van der Waals surface area contributed by atoms with E-state index in [1.54, 1.807) is 36.8 Å². The van der Waals surface area contributed by atoms with E-state index in [-0.39, 0.29) is 0 Å². The molecule has 0 fully saturated rings. The van der Waals surface area contributed by atoms with Crippen molar-refractivity contribution >= 4 is 5.82 Å². The number of methoxy groups -OCH3 is 1. The summed E-state index contributed by atoms with van der Waals surface area (Å²) in [5.74, 6) is 1.19. The summed E-state index contributed by atoms with van der Waals surface area (Å²) in [6.07, 6.45) is 0.412. The molecule has 3 N–H and O–H groups in total. The van der Waals surface area contributed by atoms with Gasteiger partial charge in [0.15, 0.2) is 0 Å². The van der Waals surface area contributed by atoms with Crippen molar-refractivity contribution in [2.75, 3.05) is 12.8 Å². The lowest BCUT2D eigenvalue weighted by Crippen LogP contribution is -2.04. The molecule has 152 valence electrons. The summed E-state index contributed by atoms with van der Waals surface area (Å²) in [6.45, 7) is 0. The topological polar surface area (TPSA) is 89.7 Å². The van der Waals surface area contributed by atoms with E-state index < -0.39 is 11.7 Å². The minimum atomic E-state index is -4.40. The first-order chi connectivity index (χ1) is 14.4. The number of imidazole rings is 1. The van der Waals surface area contributed by atoms with Crippen LogP contribution in [0.5, 0.6) is 5.75 Å². The van der Waals surface area contributed by atoms with Crippen molar-refractivity contribution in [2.45, 2.75) is 6.18 Å². The van der Waals surface area contributed by atoms with E-state index in [4.69, 9.17) is 10.5 Å². The number of alkyl halides is 3. The fourth-order valence-corrected chi connectivity index (χ4v) is 3.05. The molecule has 1 aromatic carbocycles. The molecule has 3 heterocycles. The highest BCUT2D eigenvalue weighted by molar-refractivity contribution is 5.83. The number of aromatic amines is 1. The summed E-state index contributed by atoms with van der Waals surface area (Å²) in [7, 11) is 1.51. The molecular formula is C21H16F3N5O. The van der Waals surface area contributed by atoms with Gasteiger partial charge in [-0.25, -0.2) is 9.97 Å². The minimum Gasteiger partial charge on any atom is -0.496 e. The summed E-state index contributed by atoms with van der Waals surface area (Å²) < 4.78 is 44.1. The summed E-state index contributed by atoms with van der Waals surface area (Å²) in [5, 5.41) is 0. The fraction of sp³-hybridized carbons (Fsp3) is 0.0952. The average Bonchev–Trinajstić information content (AvgIpc) is 3.19. The lowest BCUT2D eigenvalue weighted by molar-refractivity contribution is -0.137. The molecular weight excluding hydrogens is 395 g/mol. The van der Waals surface area contributed by atoms with Crippen LogP contribution >= 0.6 is 0 Å². The standard InChI is InChI=1S/C21H16F3N5O/c1-30-16-10-17(25)27-11-15(16)19-18(12-6-8-26-9-7-12)28-20(29-19)13-2-4-14(5-3-13)21(22,23)24/h2-11H,1H3,(H2,25,27)(H,28,29). The highest BCUT2D eigenvalue weighted by Gasteiger charge is 2.30. The van der Waals surface area contributed by atoms with Gasteiger partial charge in [-0.05, 0) is 24.3 Å². The van der Waals surface area contributed by atoms with E-state index in [0.717, 1.165) is 17.7 Å². The molecule has 0 aliphatic heterocycles. The van der Waals surface area contributed by atoms with Crippen LogP contribution in [0.25, 0.3) is 33.9 Å². The number of hydrogen-bond donors (Lipinski definition) is 2. The monoisotopic (exact) mass is 411 g/mol. The Balaban J connectivity index is 1.87. The second-order valence-electron chi connectivity index (χ2n) is 6.43. The van der Waals surface area contributed by atoms with Crippen LogP contribution in [0, 0.1) is 0 Å². The molecule has 0 radical (unpaired) electrons. The SMILES string of the molecule is COc1cc(N)ncc1-c1[nH]c(-c2ccc(C(F)(F)F)cc2)nc1-c1ccncc1. The Bertz CT molecular complexity index is 1170. The van der Waals surface area contributed by atoms with E-state index in [1.165, 1.54) is 19.2 Å². The van der Waals surface area contributed by atoms with E-state index in [1.807, 2.05) is 0 Å². The minimum absolute atomic E-state index is 0.295. The quantitative estimate of drug-likeness (QED) is 0.503. The van der Waals surface area contributed by atoms with Gasteiger partial charge in [0.2, 0.25) is 0 Å². The molecule has 4 aromatic rings. The van der Waals surface area contributed by atoms with E-state index >= 15 is 0 Å². The lowest BCUT2D eigenvalue weighted by Gasteiger charge is -2.09. The van der Waals surface area contributed by atoms with Crippen LogP contribution in [0.15, 0.2) is 61.1 Å². The summed E-state index contributed by atoms with van der Waals surface area (Å²) >= 11 is 0. The van der Waals surface area contributed by atoms with Gasteiger partial charge < -0.3 is 15.5 Å². The first kappa shape index (κ1) is 19.4. The molecule has 0 saturated carbocycles. The van der Waals surface area contributed by atoms with Gasteiger partial charge in [0, 0.05) is 35.8 Å². The summed E-state index contributed by atoms with van der Waals surface area (Å²) in [4.78, 5) is 16.0. The second kappa shape index (κ2) is 7.51. The van der Waals surface area contributed by atoms with Crippen LogP contribution in [0.4, 0.5) is 19.0 Å². The highest BCUT2D eigenvalue weighted by atomic mass is 19.4. The third kappa shape index (κ3) is 3.69. The number of nitrogens with one attached hydrogen (secondary N) is 1. The van der Waals surface area contributed by atoms with Crippen LogP contribution in [0.2, 0.25) is 0 Å². The Morgan fingerprint density at radius 1 is 1.00 bits per heavy atom. The van der Waals surface area contributed by atoms with Crippen molar-refractivity contribution in [3.63, 3.8) is 0 Å². The zero-order valence-electron chi connectivity index (χ0n) is 15.7. The predicted octanol–water partition coefficient (Wildman–Crippen LogP) is 4.81. The van der Waals surface area contributed by atoms with Gasteiger partial charge in [-0.1, -0.05) is 12.1 Å². The van der Waals surface area contributed by atoms with Crippen molar-refractivity contribution in [2.24, 2.45) is 0 Å². The van der Waals surface area contributed by atoms with Gasteiger partial charge in [0.05, 0.1) is 29.6 Å². The predicted molar refractivity (Wildman–Crippen MR) is 106 cm³/mol. The maximum Gasteiger partial charge on any atom is 0.416 e. The van der Waals surface area contributed by atoms with E-state index in [2.05, 4.69) is 19.9 Å². The van der Waals surface area contributed by atoms with Gasteiger partial charge >= 0.3 is 6.18 Å². The number of nitrogen functional groups attached to an aromatic ring is 1. The molecule has 30 heavy (non-hydrogen) atoms. The van der Waals surface area contributed by atoms with Crippen LogP contribution in [-0.2, 0) is 6.18 Å². The molecule has 0 unspecified atom stereocenters. The number of benzene rings is 1. The van der Waals surface area contributed by atoms with E-state index in [0.29, 0.717) is 39.9 Å². The highest BCUT2D eigenvalue weighted by Crippen LogP contribution is 2.38. The fourth-order valence-electron chi connectivity index (χ4n) is 3.05. The van der Waals surface area contributed by atoms with Gasteiger partial charge in [0.1, 0.15) is 17.4 Å². The third-order valence-corrected chi connectivity index (χ3v) is 4.52. The van der Waals surface area contributed by atoms with Crippen LogP contribution in [-0.4, -0.2) is 27.0 Å². The number of pyridine rings is 2.